The summed E-state index contributed by atoms with van der Waals surface area (Å²) in [6.45, 7) is 0.00701. The predicted octanol–water partition coefficient (Wildman–Crippen LogP) is 0.110. The molecule has 156 valence electrons. The molecule has 2 aliphatic rings. The maximum absolute atomic E-state index is 12.7. The molecule has 4 rings (SSSR count). The van der Waals surface area contributed by atoms with Crippen molar-refractivity contribution < 1.29 is 19.5 Å². The Bertz CT molecular complexity index is 1030. The Morgan fingerprint density at radius 3 is 2.77 bits per heavy atom. The number of rotatable bonds is 7. The molecule has 3 heterocycles. The Labute approximate surface area is 179 Å². The van der Waals surface area contributed by atoms with Gasteiger partial charge >= 0.3 is 5.97 Å². The lowest BCUT2D eigenvalue weighted by Gasteiger charge is -2.49. The summed E-state index contributed by atoms with van der Waals surface area (Å²) in [5, 5.41) is 26.4. The number of carbonyl (C=O) groups excluding carboxylic acids is 2. The van der Waals surface area contributed by atoms with E-state index in [-0.39, 0.29) is 18.1 Å². The first-order valence-corrected chi connectivity index (χ1v) is 10.7. The molecule has 11 nitrogen and oxygen atoms in total. The number of nitrogens with one attached hydrogen (secondary N) is 2. The van der Waals surface area contributed by atoms with Crippen LogP contribution in [0.25, 0.3) is 0 Å². The minimum atomic E-state index is -1.21. The molecule has 2 atom stereocenters. The van der Waals surface area contributed by atoms with Gasteiger partial charge in [0.2, 0.25) is 11.1 Å². The molecular weight excluding hydrogens is 430 g/mol. The molecule has 13 heteroatoms. The molecule has 3 N–H and O–H groups in total. The highest BCUT2D eigenvalue weighted by atomic mass is 32.2. The van der Waals surface area contributed by atoms with E-state index in [4.69, 9.17) is 0 Å². The molecule has 1 fully saturated rings. The zero-order valence-corrected chi connectivity index (χ0v) is 17.3. The molecule has 0 bridgehead atoms. The molecule has 0 aliphatic carbocycles. The normalized spacial score (nSPS) is 20.4. The number of nitrogens with zero attached hydrogens (tertiary/aromatic N) is 5. The fraction of sp³-hybridized carbons (Fsp3) is 0.294. The number of fused-ring (bicyclic) bond motifs is 1. The van der Waals surface area contributed by atoms with E-state index in [0.717, 1.165) is 17.4 Å². The minimum Gasteiger partial charge on any atom is -0.477 e. The average molecular weight is 448 g/mol. The first-order chi connectivity index (χ1) is 14.5. The number of aromatic nitrogens is 4. The molecule has 1 aromatic heterocycles. The van der Waals surface area contributed by atoms with Crippen molar-refractivity contribution in [1.82, 2.24) is 30.4 Å². The molecule has 1 saturated heterocycles. The van der Waals surface area contributed by atoms with Crippen molar-refractivity contribution >= 4 is 47.0 Å². The summed E-state index contributed by atoms with van der Waals surface area (Å²) in [5.74, 6) is -1.64. The Kier molecular flexibility index (Phi) is 5.63. The van der Waals surface area contributed by atoms with E-state index >= 15 is 0 Å². The molecule has 0 spiro atoms. The van der Waals surface area contributed by atoms with Crippen molar-refractivity contribution in [2.45, 2.75) is 16.6 Å². The number of β-lactam (4-membered cyclic amide) rings is 1. The Hall–Kier alpha value is -3.06. The van der Waals surface area contributed by atoms with Gasteiger partial charge in [0.15, 0.2) is 0 Å². The van der Waals surface area contributed by atoms with Crippen LogP contribution in [0.2, 0.25) is 0 Å². The summed E-state index contributed by atoms with van der Waals surface area (Å²) in [4.78, 5) is 38.5. The predicted molar refractivity (Wildman–Crippen MR) is 109 cm³/mol. The van der Waals surface area contributed by atoms with Crippen LogP contribution in [-0.2, 0) is 21.4 Å². The smallest absolute Gasteiger partial charge is 0.353 e. The molecule has 2 amide bonds. The third-order valence-electron chi connectivity index (χ3n) is 4.48. The summed E-state index contributed by atoms with van der Waals surface area (Å²) >= 11 is 2.50. The van der Waals surface area contributed by atoms with Crippen molar-refractivity contribution in [1.29, 1.82) is 0 Å². The van der Waals surface area contributed by atoms with Crippen LogP contribution in [0, 0.1) is 0 Å². The van der Waals surface area contributed by atoms with Crippen molar-refractivity contribution in [3.8, 4) is 0 Å². The average Bonchev–Trinajstić information content (AvgIpc) is 3.15. The van der Waals surface area contributed by atoms with Crippen LogP contribution in [0.15, 0.2) is 46.1 Å². The number of hydrogen-bond donors (Lipinski definition) is 3. The molecule has 1 unspecified atom stereocenters. The SMILES string of the molecule is Cn1nnnc1SC1=C(C(=O)O)N2C(=O)C(NC(=O)CNc3ccccc3)[C@@H]2SC1. The Balaban J connectivity index is 1.43. The van der Waals surface area contributed by atoms with Gasteiger partial charge in [0.1, 0.15) is 17.1 Å². The molecule has 0 saturated carbocycles. The van der Waals surface area contributed by atoms with Gasteiger partial charge in [0.05, 0.1) is 6.54 Å². The zero-order valence-electron chi connectivity index (χ0n) is 15.7. The second kappa shape index (κ2) is 8.36. The van der Waals surface area contributed by atoms with Gasteiger partial charge in [-0.3, -0.25) is 14.5 Å². The lowest BCUT2D eigenvalue weighted by Crippen LogP contribution is -2.70. The highest BCUT2D eigenvalue weighted by Crippen LogP contribution is 2.44. The van der Waals surface area contributed by atoms with Crippen LogP contribution in [-0.4, -0.2) is 71.7 Å². The lowest BCUT2D eigenvalue weighted by molar-refractivity contribution is -0.150. The second-order valence-electron chi connectivity index (χ2n) is 6.44. The van der Waals surface area contributed by atoms with Crippen LogP contribution < -0.4 is 10.6 Å². The number of carbonyl (C=O) groups is 3. The third-order valence-corrected chi connectivity index (χ3v) is 7.05. The summed E-state index contributed by atoms with van der Waals surface area (Å²) < 4.78 is 1.43. The fourth-order valence-corrected chi connectivity index (χ4v) is 5.43. The van der Waals surface area contributed by atoms with Crippen molar-refractivity contribution in [2.75, 3.05) is 17.6 Å². The van der Waals surface area contributed by atoms with Gasteiger partial charge in [0, 0.05) is 23.4 Å². The number of amides is 2. The van der Waals surface area contributed by atoms with E-state index < -0.39 is 23.3 Å². The standard InChI is InChI=1S/C17H17N7O4S2/c1-23-17(20-21-22-23)30-10-8-29-15-12(14(26)24(15)13(10)16(27)28)19-11(25)7-18-9-5-3-2-4-6-9/h2-6,12,15,18H,7-8H2,1H3,(H,19,25)(H,27,28)/t12?,15-/m0/s1. The maximum Gasteiger partial charge on any atom is 0.353 e. The number of thioether (sulfide) groups is 2. The van der Waals surface area contributed by atoms with E-state index in [1.54, 1.807) is 7.05 Å². The molecule has 2 aromatic rings. The summed E-state index contributed by atoms with van der Waals surface area (Å²) in [7, 11) is 1.64. The van der Waals surface area contributed by atoms with Gasteiger partial charge in [-0.2, -0.15) is 0 Å². The zero-order chi connectivity index (χ0) is 21.3. The number of hydrogen-bond acceptors (Lipinski definition) is 9. The first-order valence-electron chi connectivity index (χ1n) is 8.85. The monoisotopic (exact) mass is 447 g/mol. The Morgan fingerprint density at radius 2 is 2.10 bits per heavy atom. The van der Waals surface area contributed by atoms with Crippen LogP contribution >= 0.6 is 23.5 Å². The van der Waals surface area contributed by atoms with Gasteiger partial charge in [-0.15, -0.1) is 16.9 Å². The number of aliphatic carboxylic acids is 1. The van der Waals surface area contributed by atoms with E-state index in [0.29, 0.717) is 15.8 Å². The summed E-state index contributed by atoms with van der Waals surface area (Å²) in [5.41, 5.74) is 0.696. The van der Waals surface area contributed by atoms with Gasteiger partial charge < -0.3 is 15.7 Å². The highest BCUT2D eigenvalue weighted by Gasteiger charge is 2.54. The fourth-order valence-electron chi connectivity index (χ4n) is 3.05. The van der Waals surface area contributed by atoms with Gasteiger partial charge in [-0.25, -0.2) is 9.48 Å². The van der Waals surface area contributed by atoms with E-state index in [1.165, 1.54) is 21.3 Å². The quantitative estimate of drug-likeness (QED) is 0.501. The largest absolute Gasteiger partial charge is 0.477 e. The topological polar surface area (TPSA) is 142 Å². The summed E-state index contributed by atoms with van der Waals surface area (Å²) in [6, 6.07) is 8.45. The number of carboxylic acids is 1. The second-order valence-corrected chi connectivity index (χ2v) is 8.61. The molecule has 0 radical (unpaired) electrons. The van der Waals surface area contributed by atoms with Crippen LogP contribution in [0.4, 0.5) is 5.69 Å². The van der Waals surface area contributed by atoms with E-state index in [9.17, 15) is 19.5 Å². The van der Waals surface area contributed by atoms with Gasteiger partial charge in [0.25, 0.3) is 5.91 Å². The minimum absolute atomic E-state index is 0.00701. The number of aryl methyl sites for hydroxylation is 1. The van der Waals surface area contributed by atoms with Gasteiger partial charge in [-0.05, 0) is 34.3 Å². The van der Waals surface area contributed by atoms with Crippen LogP contribution in [0.1, 0.15) is 0 Å². The maximum atomic E-state index is 12.7. The molecule has 2 aliphatic heterocycles. The Morgan fingerprint density at radius 1 is 1.33 bits per heavy atom. The molecular formula is C17H17N7O4S2. The molecule has 30 heavy (non-hydrogen) atoms. The van der Waals surface area contributed by atoms with E-state index in [2.05, 4.69) is 26.2 Å². The summed E-state index contributed by atoms with van der Waals surface area (Å²) in [6.07, 6.45) is 0. The number of benzene rings is 1. The van der Waals surface area contributed by atoms with Crippen LogP contribution in [0.5, 0.6) is 0 Å². The number of para-hydroxylation sites is 1. The number of tetrazole rings is 1. The number of carboxylic acid groups (broad SMARTS) is 1. The number of anilines is 1. The lowest BCUT2D eigenvalue weighted by atomic mass is 10.1. The van der Waals surface area contributed by atoms with E-state index in [1.807, 2.05) is 30.3 Å². The molecule has 1 aromatic carbocycles. The van der Waals surface area contributed by atoms with Crippen molar-refractivity contribution in [2.24, 2.45) is 7.05 Å². The van der Waals surface area contributed by atoms with Gasteiger partial charge in [-0.1, -0.05) is 18.2 Å². The first kappa shape index (κ1) is 20.2. The van der Waals surface area contributed by atoms with Crippen LogP contribution in [0.3, 0.4) is 0 Å². The van der Waals surface area contributed by atoms with Crippen molar-refractivity contribution in [3.05, 3.63) is 40.9 Å². The van der Waals surface area contributed by atoms with Crippen molar-refractivity contribution in [3.63, 3.8) is 0 Å². The third kappa shape index (κ3) is 3.85. The highest BCUT2D eigenvalue weighted by molar-refractivity contribution is 8.06.